The van der Waals surface area contributed by atoms with Crippen molar-refractivity contribution in [3.05, 3.63) is 0 Å². The summed E-state index contributed by atoms with van der Waals surface area (Å²) in [6.07, 6.45) is 9.78. The summed E-state index contributed by atoms with van der Waals surface area (Å²) in [5.41, 5.74) is 0.274. The Morgan fingerprint density at radius 1 is 0.952 bits per heavy atom. The number of hydrogen-bond acceptors (Lipinski definition) is 3. The van der Waals surface area contributed by atoms with Gasteiger partial charge in [0.2, 0.25) is 0 Å². The molecule has 2 fully saturated rings. The maximum Gasteiger partial charge on any atom is 0.0235 e. The fourth-order valence-electron chi connectivity index (χ4n) is 3.70. The molecule has 2 saturated heterocycles. The van der Waals surface area contributed by atoms with E-state index >= 15 is 0 Å². The van der Waals surface area contributed by atoms with Crippen LogP contribution in [0.15, 0.2) is 0 Å². The van der Waals surface area contributed by atoms with Crippen LogP contribution >= 0.6 is 0 Å². The van der Waals surface area contributed by atoms with Gasteiger partial charge in [-0.05, 0) is 85.6 Å². The van der Waals surface area contributed by atoms with Crippen LogP contribution in [0.25, 0.3) is 0 Å². The Labute approximate surface area is 132 Å². The highest BCUT2D eigenvalue weighted by molar-refractivity contribution is 4.84. The molecule has 2 heterocycles. The molecule has 0 aromatic rings. The molecule has 1 atom stereocenters. The Morgan fingerprint density at radius 3 is 2.43 bits per heavy atom. The Balaban J connectivity index is 1.50. The van der Waals surface area contributed by atoms with Gasteiger partial charge in [0.05, 0.1) is 0 Å². The molecular formula is C18H37N3. The largest absolute Gasteiger partial charge is 0.312 e. The van der Waals surface area contributed by atoms with Crippen molar-refractivity contribution in [2.75, 3.05) is 39.3 Å². The minimum absolute atomic E-state index is 0.274. The highest BCUT2D eigenvalue weighted by atomic mass is 15.3. The van der Waals surface area contributed by atoms with Gasteiger partial charge in [-0.25, -0.2) is 0 Å². The van der Waals surface area contributed by atoms with Crippen molar-refractivity contribution in [3.8, 4) is 0 Å². The summed E-state index contributed by atoms with van der Waals surface area (Å²) in [6.45, 7) is 14.6. The van der Waals surface area contributed by atoms with Gasteiger partial charge < -0.3 is 10.2 Å². The second-order valence-electron chi connectivity index (χ2n) is 8.08. The lowest BCUT2D eigenvalue weighted by Crippen LogP contribution is -2.40. The molecule has 0 amide bonds. The molecule has 124 valence electrons. The SMILES string of the molecule is CC(C)(C)NCCCCCN1CCC(N2CCCCC2)C1. The van der Waals surface area contributed by atoms with Crippen LogP contribution in [0.5, 0.6) is 0 Å². The van der Waals surface area contributed by atoms with Crippen molar-refractivity contribution in [2.24, 2.45) is 0 Å². The molecular weight excluding hydrogens is 258 g/mol. The Bertz CT molecular complexity index is 279. The second kappa shape index (κ2) is 8.50. The summed E-state index contributed by atoms with van der Waals surface area (Å²) in [5.74, 6) is 0. The van der Waals surface area contributed by atoms with E-state index in [0.29, 0.717) is 0 Å². The third-order valence-electron chi connectivity index (χ3n) is 4.96. The number of piperidine rings is 1. The molecule has 0 aliphatic carbocycles. The minimum Gasteiger partial charge on any atom is -0.312 e. The third kappa shape index (κ3) is 6.66. The number of nitrogens with zero attached hydrogens (tertiary/aromatic N) is 2. The molecule has 3 nitrogen and oxygen atoms in total. The molecule has 3 heteroatoms. The average Bonchev–Trinajstić information content (AvgIpc) is 2.91. The Kier molecular flexibility index (Phi) is 6.97. The Hall–Kier alpha value is -0.120. The molecule has 1 unspecified atom stereocenters. The first-order chi connectivity index (χ1) is 10.0. The molecule has 0 spiro atoms. The molecule has 2 rings (SSSR count). The van der Waals surface area contributed by atoms with Gasteiger partial charge in [-0.1, -0.05) is 12.8 Å². The normalized spacial score (nSPS) is 25.6. The lowest BCUT2D eigenvalue weighted by Gasteiger charge is -2.32. The summed E-state index contributed by atoms with van der Waals surface area (Å²) in [7, 11) is 0. The number of unbranched alkanes of at least 4 members (excludes halogenated alkanes) is 2. The highest BCUT2D eigenvalue weighted by Gasteiger charge is 2.27. The van der Waals surface area contributed by atoms with Crippen LogP contribution in [0.3, 0.4) is 0 Å². The molecule has 0 bridgehead atoms. The number of likely N-dealkylation sites (tertiary alicyclic amines) is 2. The van der Waals surface area contributed by atoms with E-state index in [4.69, 9.17) is 0 Å². The van der Waals surface area contributed by atoms with E-state index in [-0.39, 0.29) is 5.54 Å². The van der Waals surface area contributed by atoms with Gasteiger partial charge in [0.1, 0.15) is 0 Å². The van der Waals surface area contributed by atoms with E-state index in [1.165, 1.54) is 84.2 Å². The summed E-state index contributed by atoms with van der Waals surface area (Å²) in [6, 6.07) is 0.868. The van der Waals surface area contributed by atoms with Crippen molar-refractivity contribution in [1.82, 2.24) is 15.1 Å². The van der Waals surface area contributed by atoms with Gasteiger partial charge in [0.15, 0.2) is 0 Å². The number of rotatable bonds is 7. The average molecular weight is 296 g/mol. The van der Waals surface area contributed by atoms with Crippen LogP contribution in [0.4, 0.5) is 0 Å². The van der Waals surface area contributed by atoms with E-state index in [0.717, 1.165) is 6.04 Å². The van der Waals surface area contributed by atoms with Crippen molar-refractivity contribution in [2.45, 2.75) is 77.3 Å². The zero-order chi connectivity index (χ0) is 15.1. The molecule has 0 aromatic heterocycles. The topological polar surface area (TPSA) is 18.5 Å². The van der Waals surface area contributed by atoms with Gasteiger partial charge in [0.25, 0.3) is 0 Å². The molecule has 0 aromatic carbocycles. The van der Waals surface area contributed by atoms with Crippen LogP contribution in [0, 0.1) is 0 Å². The van der Waals surface area contributed by atoms with Gasteiger partial charge >= 0.3 is 0 Å². The van der Waals surface area contributed by atoms with Crippen LogP contribution in [0.2, 0.25) is 0 Å². The lowest BCUT2D eigenvalue weighted by molar-refractivity contribution is 0.162. The predicted octanol–water partition coefficient (Wildman–Crippen LogP) is 3.11. The van der Waals surface area contributed by atoms with Crippen molar-refractivity contribution < 1.29 is 0 Å². The molecule has 0 saturated carbocycles. The van der Waals surface area contributed by atoms with Crippen LogP contribution in [-0.4, -0.2) is 60.6 Å². The first-order valence-corrected chi connectivity index (χ1v) is 9.26. The smallest absolute Gasteiger partial charge is 0.0235 e. The molecule has 0 radical (unpaired) electrons. The number of hydrogen-bond donors (Lipinski definition) is 1. The summed E-state index contributed by atoms with van der Waals surface area (Å²) in [5, 5.41) is 3.58. The molecule has 2 aliphatic rings. The van der Waals surface area contributed by atoms with Gasteiger partial charge in [-0.15, -0.1) is 0 Å². The Morgan fingerprint density at radius 2 is 1.71 bits per heavy atom. The fraction of sp³-hybridized carbons (Fsp3) is 1.00. The summed E-state index contributed by atoms with van der Waals surface area (Å²) in [4.78, 5) is 5.47. The highest BCUT2D eigenvalue weighted by Crippen LogP contribution is 2.20. The fourth-order valence-corrected chi connectivity index (χ4v) is 3.70. The van der Waals surface area contributed by atoms with E-state index in [1.807, 2.05) is 0 Å². The van der Waals surface area contributed by atoms with E-state index in [1.54, 1.807) is 0 Å². The van der Waals surface area contributed by atoms with Gasteiger partial charge in [0, 0.05) is 18.1 Å². The zero-order valence-electron chi connectivity index (χ0n) is 14.7. The molecule has 2 aliphatic heterocycles. The second-order valence-corrected chi connectivity index (χ2v) is 8.08. The predicted molar refractivity (Wildman–Crippen MR) is 91.9 cm³/mol. The standard InChI is InChI=1S/C18H37N3/c1-18(2,3)19-11-6-4-7-12-20-15-10-17(16-20)21-13-8-5-9-14-21/h17,19H,4-16H2,1-3H3. The van der Waals surface area contributed by atoms with Crippen molar-refractivity contribution in [3.63, 3.8) is 0 Å². The monoisotopic (exact) mass is 295 g/mol. The van der Waals surface area contributed by atoms with E-state index in [9.17, 15) is 0 Å². The maximum absolute atomic E-state index is 3.58. The van der Waals surface area contributed by atoms with Crippen LogP contribution < -0.4 is 5.32 Å². The van der Waals surface area contributed by atoms with Gasteiger partial charge in [-0.2, -0.15) is 0 Å². The van der Waals surface area contributed by atoms with Crippen molar-refractivity contribution in [1.29, 1.82) is 0 Å². The lowest BCUT2D eigenvalue weighted by atomic mass is 10.1. The van der Waals surface area contributed by atoms with E-state index < -0.39 is 0 Å². The summed E-state index contributed by atoms with van der Waals surface area (Å²) >= 11 is 0. The molecule has 21 heavy (non-hydrogen) atoms. The zero-order valence-corrected chi connectivity index (χ0v) is 14.7. The summed E-state index contributed by atoms with van der Waals surface area (Å²) < 4.78 is 0. The third-order valence-corrected chi connectivity index (χ3v) is 4.96. The van der Waals surface area contributed by atoms with Crippen LogP contribution in [-0.2, 0) is 0 Å². The first kappa shape index (κ1) is 17.2. The number of nitrogens with one attached hydrogen (secondary N) is 1. The van der Waals surface area contributed by atoms with Gasteiger partial charge in [-0.3, -0.25) is 4.90 Å². The van der Waals surface area contributed by atoms with Crippen LogP contribution in [0.1, 0.15) is 65.7 Å². The minimum atomic E-state index is 0.274. The first-order valence-electron chi connectivity index (χ1n) is 9.26. The maximum atomic E-state index is 3.58. The van der Waals surface area contributed by atoms with Crippen molar-refractivity contribution >= 4 is 0 Å². The molecule has 1 N–H and O–H groups in total. The van der Waals surface area contributed by atoms with E-state index in [2.05, 4.69) is 35.9 Å². The quantitative estimate of drug-likeness (QED) is 0.728.